The maximum Gasteiger partial charge on any atom is 0.310 e. The van der Waals surface area contributed by atoms with Gasteiger partial charge in [0.1, 0.15) is 0 Å². The van der Waals surface area contributed by atoms with Gasteiger partial charge in [0.05, 0.1) is 13.0 Å². The average molecular weight is 271 g/mol. The van der Waals surface area contributed by atoms with Crippen LogP contribution >= 0.6 is 0 Å². The average Bonchev–Trinajstić information content (AvgIpc) is 2.30. The van der Waals surface area contributed by atoms with Crippen molar-refractivity contribution in [3.8, 4) is 0 Å². The monoisotopic (exact) mass is 271 g/mol. The summed E-state index contributed by atoms with van der Waals surface area (Å²) in [7, 11) is 1.38. The van der Waals surface area contributed by atoms with E-state index in [9.17, 15) is 9.59 Å². The molecular formula is C15H29NO3. The molecule has 0 spiro atoms. The van der Waals surface area contributed by atoms with Crippen LogP contribution in [0, 0.1) is 17.3 Å². The van der Waals surface area contributed by atoms with E-state index in [1.165, 1.54) is 7.11 Å². The van der Waals surface area contributed by atoms with Gasteiger partial charge in [-0.05, 0) is 12.3 Å². The van der Waals surface area contributed by atoms with E-state index in [2.05, 4.69) is 13.8 Å². The maximum absolute atomic E-state index is 12.4. The van der Waals surface area contributed by atoms with Crippen LogP contribution in [-0.4, -0.2) is 37.0 Å². The highest BCUT2D eigenvalue weighted by molar-refractivity contribution is 5.82. The van der Waals surface area contributed by atoms with E-state index >= 15 is 0 Å². The zero-order valence-electron chi connectivity index (χ0n) is 13.4. The lowest BCUT2D eigenvalue weighted by atomic mass is 9.93. The number of methoxy groups -OCH3 is 1. The van der Waals surface area contributed by atoms with Crippen LogP contribution in [-0.2, 0) is 14.3 Å². The summed E-state index contributed by atoms with van der Waals surface area (Å²) < 4.78 is 4.73. The van der Waals surface area contributed by atoms with Crippen molar-refractivity contribution in [3.63, 3.8) is 0 Å². The van der Waals surface area contributed by atoms with Gasteiger partial charge < -0.3 is 9.64 Å². The first kappa shape index (κ1) is 17.9. The lowest BCUT2D eigenvalue weighted by molar-refractivity contribution is -0.148. The number of hydrogen-bond donors (Lipinski definition) is 0. The number of carbonyl (C=O) groups is 2. The molecule has 1 atom stereocenters. The molecule has 4 nitrogen and oxygen atoms in total. The number of amides is 1. The standard InChI is InChI=1S/C15H29NO3/c1-11(2)8-9-16(14(18)15(4,5)6)10-12(3)13(17)19-7/h11-12H,8-10H2,1-7H3. The number of hydrogen-bond acceptors (Lipinski definition) is 3. The largest absolute Gasteiger partial charge is 0.469 e. The Hall–Kier alpha value is -1.06. The maximum atomic E-state index is 12.4. The molecule has 0 aromatic carbocycles. The molecule has 0 aliphatic rings. The zero-order valence-corrected chi connectivity index (χ0v) is 13.4. The molecule has 0 N–H and O–H groups in total. The van der Waals surface area contributed by atoms with E-state index < -0.39 is 5.41 Å². The second-order valence-corrected chi connectivity index (χ2v) is 6.61. The van der Waals surface area contributed by atoms with E-state index in [-0.39, 0.29) is 17.8 Å². The van der Waals surface area contributed by atoms with Gasteiger partial charge >= 0.3 is 5.97 Å². The second kappa shape index (κ2) is 7.51. The van der Waals surface area contributed by atoms with Crippen molar-refractivity contribution < 1.29 is 14.3 Å². The van der Waals surface area contributed by atoms with Crippen LogP contribution in [0.15, 0.2) is 0 Å². The van der Waals surface area contributed by atoms with E-state index in [0.717, 1.165) is 6.42 Å². The van der Waals surface area contributed by atoms with E-state index in [1.807, 2.05) is 20.8 Å². The van der Waals surface area contributed by atoms with Gasteiger partial charge in [0.25, 0.3) is 0 Å². The van der Waals surface area contributed by atoms with E-state index in [0.29, 0.717) is 19.0 Å². The number of esters is 1. The molecule has 0 aliphatic carbocycles. The molecule has 1 amide bonds. The molecule has 0 aliphatic heterocycles. The van der Waals surface area contributed by atoms with Crippen molar-refractivity contribution in [1.29, 1.82) is 0 Å². The quantitative estimate of drug-likeness (QED) is 0.698. The van der Waals surface area contributed by atoms with Crippen molar-refractivity contribution in [1.82, 2.24) is 4.90 Å². The molecule has 19 heavy (non-hydrogen) atoms. The SMILES string of the molecule is COC(=O)C(C)CN(CCC(C)C)C(=O)C(C)(C)C. The Labute approximate surface area is 117 Å². The summed E-state index contributed by atoms with van der Waals surface area (Å²) in [5.74, 6) is 0.0623. The van der Waals surface area contributed by atoms with Crippen LogP contribution in [0.5, 0.6) is 0 Å². The van der Waals surface area contributed by atoms with Gasteiger partial charge in [-0.3, -0.25) is 9.59 Å². The summed E-state index contributed by atoms with van der Waals surface area (Å²) in [5, 5.41) is 0. The van der Waals surface area contributed by atoms with E-state index in [4.69, 9.17) is 4.74 Å². The van der Waals surface area contributed by atoms with Gasteiger partial charge in [-0.25, -0.2) is 0 Å². The summed E-state index contributed by atoms with van der Waals surface area (Å²) in [6, 6.07) is 0. The van der Waals surface area contributed by atoms with Crippen LogP contribution in [0.2, 0.25) is 0 Å². The van der Waals surface area contributed by atoms with Crippen molar-refractivity contribution >= 4 is 11.9 Å². The summed E-state index contributed by atoms with van der Waals surface area (Å²) in [4.78, 5) is 25.7. The Bertz CT molecular complexity index is 305. The normalized spacial score (nSPS) is 13.3. The van der Waals surface area contributed by atoms with Crippen molar-refractivity contribution in [2.75, 3.05) is 20.2 Å². The van der Waals surface area contributed by atoms with Gasteiger partial charge in [0, 0.05) is 18.5 Å². The lowest BCUT2D eigenvalue weighted by Gasteiger charge is -2.31. The Balaban J connectivity index is 4.77. The van der Waals surface area contributed by atoms with Crippen LogP contribution in [0.25, 0.3) is 0 Å². The molecule has 0 fully saturated rings. The van der Waals surface area contributed by atoms with E-state index in [1.54, 1.807) is 11.8 Å². The van der Waals surface area contributed by atoms with Crippen LogP contribution in [0.3, 0.4) is 0 Å². The molecule has 0 radical (unpaired) electrons. The summed E-state index contributed by atoms with van der Waals surface area (Å²) in [6.07, 6.45) is 0.940. The van der Waals surface area contributed by atoms with Crippen molar-refractivity contribution in [2.24, 2.45) is 17.3 Å². The van der Waals surface area contributed by atoms with Crippen molar-refractivity contribution in [3.05, 3.63) is 0 Å². The van der Waals surface area contributed by atoms with Crippen LogP contribution in [0.1, 0.15) is 48.0 Å². The Morgan fingerprint density at radius 1 is 1.16 bits per heavy atom. The minimum Gasteiger partial charge on any atom is -0.469 e. The molecule has 4 heteroatoms. The number of carbonyl (C=O) groups excluding carboxylic acids is 2. The number of ether oxygens (including phenoxy) is 1. The zero-order chi connectivity index (χ0) is 15.2. The smallest absolute Gasteiger partial charge is 0.310 e. The Morgan fingerprint density at radius 2 is 1.68 bits per heavy atom. The lowest BCUT2D eigenvalue weighted by Crippen LogP contribution is -2.43. The highest BCUT2D eigenvalue weighted by Gasteiger charge is 2.29. The fourth-order valence-corrected chi connectivity index (χ4v) is 1.77. The molecule has 0 rings (SSSR count). The third kappa shape index (κ3) is 6.60. The van der Waals surface area contributed by atoms with Crippen LogP contribution < -0.4 is 0 Å². The predicted molar refractivity (Wildman–Crippen MR) is 76.7 cm³/mol. The minimum atomic E-state index is -0.424. The first-order chi connectivity index (χ1) is 8.59. The third-order valence-corrected chi connectivity index (χ3v) is 3.00. The molecule has 0 aromatic heterocycles. The molecule has 1 unspecified atom stereocenters. The van der Waals surface area contributed by atoms with Crippen molar-refractivity contribution in [2.45, 2.75) is 48.0 Å². The molecule has 0 bridgehead atoms. The topological polar surface area (TPSA) is 46.6 Å². The fourth-order valence-electron chi connectivity index (χ4n) is 1.77. The molecule has 0 saturated heterocycles. The third-order valence-electron chi connectivity index (χ3n) is 3.00. The highest BCUT2D eigenvalue weighted by atomic mass is 16.5. The molecular weight excluding hydrogens is 242 g/mol. The number of nitrogens with zero attached hydrogens (tertiary/aromatic N) is 1. The predicted octanol–water partition coefficient (Wildman–Crippen LogP) is 2.72. The Morgan fingerprint density at radius 3 is 2.05 bits per heavy atom. The molecule has 0 aromatic rings. The van der Waals surface area contributed by atoms with Gasteiger partial charge in [0.15, 0.2) is 0 Å². The molecule has 0 heterocycles. The summed E-state index contributed by atoms with van der Waals surface area (Å²) in [5.41, 5.74) is -0.424. The second-order valence-electron chi connectivity index (χ2n) is 6.61. The van der Waals surface area contributed by atoms with Crippen LogP contribution in [0.4, 0.5) is 0 Å². The highest BCUT2D eigenvalue weighted by Crippen LogP contribution is 2.19. The fraction of sp³-hybridized carbons (Fsp3) is 0.867. The minimum absolute atomic E-state index is 0.0869. The van der Waals surface area contributed by atoms with Gasteiger partial charge in [-0.15, -0.1) is 0 Å². The Kier molecular flexibility index (Phi) is 7.09. The molecule has 112 valence electrons. The summed E-state index contributed by atoms with van der Waals surface area (Å²) >= 11 is 0. The number of rotatable bonds is 6. The van der Waals surface area contributed by atoms with Gasteiger partial charge in [0.2, 0.25) is 5.91 Å². The molecule has 0 saturated carbocycles. The van der Waals surface area contributed by atoms with Gasteiger partial charge in [-0.1, -0.05) is 41.5 Å². The summed E-state index contributed by atoms with van der Waals surface area (Å²) in [6.45, 7) is 12.9. The first-order valence-electron chi connectivity index (χ1n) is 6.96. The van der Waals surface area contributed by atoms with Gasteiger partial charge in [-0.2, -0.15) is 0 Å². The first-order valence-corrected chi connectivity index (χ1v) is 6.96.